The SMILES string of the molecule is Cn1cnnc1Sc1cccc(=O)[nH]1. The lowest BCUT2D eigenvalue weighted by molar-refractivity contribution is 0.787. The number of rotatable bonds is 2. The molecule has 2 heterocycles. The van der Waals surface area contributed by atoms with E-state index in [9.17, 15) is 4.79 Å². The van der Waals surface area contributed by atoms with Gasteiger partial charge in [-0.05, 0) is 17.8 Å². The Morgan fingerprint density at radius 2 is 2.36 bits per heavy atom. The fraction of sp³-hybridized carbons (Fsp3) is 0.125. The molecule has 72 valence electrons. The van der Waals surface area contributed by atoms with Gasteiger partial charge in [0.2, 0.25) is 5.56 Å². The first-order chi connectivity index (χ1) is 6.75. The van der Waals surface area contributed by atoms with Gasteiger partial charge in [0, 0.05) is 13.1 Å². The second-order valence-corrected chi connectivity index (χ2v) is 3.71. The van der Waals surface area contributed by atoms with E-state index in [2.05, 4.69) is 15.2 Å². The molecule has 5 nitrogen and oxygen atoms in total. The van der Waals surface area contributed by atoms with Crippen LogP contribution in [0.3, 0.4) is 0 Å². The molecule has 2 aromatic heterocycles. The van der Waals surface area contributed by atoms with Crippen molar-refractivity contribution in [1.29, 1.82) is 0 Å². The summed E-state index contributed by atoms with van der Waals surface area (Å²) in [6, 6.07) is 5.00. The molecule has 14 heavy (non-hydrogen) atoms. The van der Waals surface area contributed by atoms with Crippen LogP contribution in [-0.2, 0) is 7.05 Å². The van der Waals surface area contributed by atoms with E-state index in [1.807, 2.05) is 13.1 Å². The Kier molecular flexibility index (Phi) is 2.36. The second-order valence-electron chi connectivity index (χ2n) is 2.71. The molecule has 0 saturated carbocycles. The molecule has 0 aliphatic heterocycles. The zero-order chi connectivity index (χ0) is 9.97. The van der Waals surface area contributed by atoms with Gasteiger partial charge in [-0.3, -0.25) is 4.79 Å². The van der Waals surface area contributed by atoms with E-state index in [0.29, 0.717) is 0 Å². The van der Waals surface area contributed by atoms with Crippen LogP contribution in [0.15, 0.2) is 39.5 Å². The summed E-state index contributed by atoms with van der Waals surface area (Å²) < 4.78 is 1.79. The molecule has 6 heteroatoms. The summed E-state index contributed by atoms with van der Waals surface area (Å²) in [6.45, 7) is 0. The molecule has 0 aliphatic rings. The fourth-order valence-corrected chi connectivity index (χ4v) is 1.72. The Balaban J connectivity index is 2.27. The number of hydrogen-bond donors (Lipinski definition) is 1. The molecule has 0 radical (unpaired) electrons. The lowest BCUT2D eigenvalue weighted by Gasteiger charge is -1.98. The van der Waals surface area contributed by atoms with Gasteiger partial charge in [0.15, 0.2) is 5.16 Å². The lowest BCUT2D eigenvalue weighted by atomic mass is 10.5. The zero-order valence-corrected chi connectivity index (χ0v) is 8.28. The largest absolute Gasteiger partial charge is 0.317 e. The molecule has 0 spiro atoms. The molecule has 0 amide bonds. The Hall–Kier alpha value is -1.56. The standard InChI is InChI=1S/C8H8N4OS/c1-12-5-9-11-8(12)14-7-4-2-3-6(13)10-7/h2-5H,1H3,(H,10,13). The average molecular weight is 208 g/mol. The van der Waals surface area contributed by atoms with Gasteiger partial charge in [-0.1, -0.05) is 6.07 Å². The summed E-state index contributed by atoms with van der Waals surface area (Å²) in [7, 11) is 1.85. The average Bonchev–Trinajstić information content (AvgIpc) is 2.52. The van der Waals surface area contributed by atoms with E-state index in [1.165, 1.54) is 17.8 Å². The number of H-pyrrole nitrogens is 1. The third-order valence-electron chi connectivity index (χ3n) is 1.61. The Bertz CT molecular complexity index is 490. The second kappa shape index (κ2) is 3.67. The number of nitrogens with zero attached hydrogens (tertiary/aromatic N) is 3. The smallest absolute Gasteiger partial charge is 0.248 e. The van der Waals surface area contributed by atoms with Crippen LogP contribution in [-0.4, -0.2) is 19.7 Å². The van der Waals surface area contributed by atoms with Crippen molar-refractivity contribution in [3.05, 3.63) is 34.9 Å². The highest BCUT2D eigenvalue weighted by Gasteiger charge is 2.03. The van der Waals surface area contributed by atoms with Crippen LogP contribution in [0.5, 0.6) is 0 Å². The molecule has 0 aliphatic carbocycles. The minimum Gasteiger partial charge on any atom is -0.317 e. The number of nitrogens with one attached hydrogen (secondary N) is 1. The number of aromatic amines is 1. The van der Waals surface area contributed by atoms with Gasteiger partial charge < -0.3 is 9.55 Å². The first kappa shape index (κ1) is 9.01. The van der Waals surface area contributed by atoms with E-state index in [0.717, 1.165) is 10.2 Å². The molecule has 0 bridgehead atoms. The lowest BCUT2D eigenvalue weighted by Crippen LogP contribution is -2.03. The van der Waals surface area contributed by atoms with Gasteiger partial charge in [0.25, 0.3) is 0 Å². The van der Waals surface area contributed by atoms with Crippen LogP contribution < -0.4 is 5.56 Å². The van der Waals surface area contributed by atoms with Crippen LogP contribution in [0.1, 0.15) is 0 Å². The Labute approximate surface area is 84.2 Å². The molecule has 0 atom stereocenters. The normalized spacial score (nSPS) is 10.4. The summed E-state index contributed by atoms with van der Waals surface area (Å²) in [4.78, 5) is 13.7. The first-order valence-electron chi connectivity index (χ1n) is 3.97. The van der Waals surface area contributed by atoms with Crippen molar-refractivity contribution >= 4 is 11.8 Å². The number of pyridine rings is 1. The van der Waals surface area contributed by atoms with E-state index < -0.39 is 0 Å². The fourth-order valence-electron chi connectivity index (χ4n) is 0.951. The van der Waals surface area contributed by atoms with Crippen LogP contribution in [0.25, 0.3) is 0 Å². The van der Waals surface area contributed by atoms with E-state index in [-0.39, 0.29) is 5.56 Å². The molecule has 1 N–H and O–H groups in total. The van der Waals surface area contributed by atoms with Crippen molar-refractivity contribution in [2.24, 2.45) is 7.05 Å². The van der Waals surface area contributed by atoms with Crippen molar-refractivity contribution in [2.75, 3.05) is 0 Å². The predicted molar refractivity (Wildman–Crippen MR) is 52.2 cm³/mol. The van der Waals surface area contributed by atoms with Crippen molar-refractivity contribution < 1.29 is 0 Å². The summed E-state index contributed by atoms with van der Waals surface area (Å²) in [6.07, 6.45) is 1.61. The molecule has 0 unspecified atom stereocenters. The van der Waals surface area contributed by atoms with Crippen LogP contribution in [0, 0.1) is 0 Å². The Morgan fingerprint density at radius 1 is 1.50 bits per heavy atom. The highest BCUT2D eigenvalue weighted by atomic mass is 32.2. The van der Waals surface area contributed by atoms with Crippen molar-refractivity contribution in [2.45, 2.75) is 10.2 Å². The number of hydrogen-bond acceptors (Lipinski definition) is 4. The van der Waals surface area contributed by atoms with E-state index in [4.69, 9.17) is 0 Å². The third kappa shape index (κ3) is 1.85. The molecule has 2 rings (SSSR count). The predicted octanol–water partition coefficient (Wildman–Crippen LogP) is 0.655. The van der Waals surface area contributed by atoms with Crippen LogP contribution in [0.4, 0.5) is 0 Å². The molecule has 0 fully saturated rings. The summed E-state index contributed by atoms with van der Waals surface area (Å²) in [5, 5.41) is 9.14. The topological polar surface area (TPSA) is 63.6 Å². The van der Waals surface area contributed by atoms with E-state index >= 15 is 0 Å². The Morgan fingerprint density at radius 3 is 3.00 bits per heavy atom. The minimum absolute atomic E-state index is 0.114. The quantitative estimate of drug-likeness (QED) is 0.787. The van der Waals surface area contributed by atoms with Crippen molar-refractivity contribution in [3.8, 4) is 0 Å². The maximum absolute atomic E-state index is 11.0. The highest BCUT2D eigenvalue weighted by molar-refractivity contribution is 7.99. The summed E-state index contributed by atoms with van der Waals surface area (Å²) in [5.74, 6) is 0. The van der Waals surface area contributed by atoms with Gasteiger partial charge >= 0.3 is 0 Å². The van der Waals surface area contributed by atoms with Gasteiger partial charge in [0.05, 0.1) is 5.03 Å². The summed E-state index contributed by atoms with van der Waals surface area (Å²) in [5.41, 5.74) is -0.114. The maximum Gasteiger partial charge on any atom is 0.248 e. The maximum atomic E-state index is 11.0. The number of aromatic nitrogens is 4. The molecule has 0 aromatic carbocycles. The van der Waals surface area contributed by atoms with Gasteiger partial charge in [-0.15, -0.1) is 10.2 Å². The molecular weight excluding hydrogens is 200 g/mol. The molecule has 0 saturated heterocycles. The number of aryl methyl sites for hydroxylation is 1. The third-order valence-corrected chi connectivity index (χ3v) is 2.62. The molecular formula is C8H8N4OS. The highest BCUT2D eigenvalue weighted by Crippen LogP contribution is 2.21. The van der Waals surface area contributed by atoms with Crippen LogP contribution >= 0.6 is 11.8 Å². The van der Waals surface area contributed by atoms with E-state index in [1.54, 1.807) is 17.0 Å². The monoisotopic (exact) mass is 208 g/mol. The van der Waals surface area contributed by atoms with Crippen molar-refractivity contribution in [1.82, 2.24) is 19.7 Å². The van der Waals surface area contributed by atoms with Gasteiger partial charge in [-0.25, -0.2) is 0 Å². The van der Waals surface area contributed by atoms with Crippen LogP contribution in [0.2, 0.25) is 0 Å². The first-order valence-corrected chi connectivity index (χ1v) is 4.78. The van der Waals surface area contributed by atoms with Gasteiger partial charge in [0.1, 0.15) is 6.33 Å². The molecule has 2 aromatic rings. The van der Waals surface area contributed by atoms with Gasteiger partial charge in [-0.2, -0.15) is 0 Å². The minimum atomic E-state index is -0.114. The summed E-state index contributed by atoms with van der Waals surface area (Å²) >= 11 is 1.37. The van der Waals surface area contributed by atoms with Crippen molar-refractivity contribution in [3.63, 3.8) is 0 Å². The zero-order valence-electron chi connectivity index (χ0n) is 7.47.